The summed E-state index contributed by atoms with van der Waals surface area (Å²) in [6.07, 6.45) is 0. The van der Waals surface area contributed by atoms with E-state index < -0.39 is 0 Å². The van der Waals surface area contributed by atoms with Gasteiger partial charge in [-0.3, -0.25) is 0 Å². The Bertz CT molecular complexity index is 466. The lowest BCUT2D eigenvalue weighted by atomic mass is 10.3. The Balaban J connectivity index is 2.23. The fourth-order valence-corrected chi connectivity index (χ4v) is 1.31. The molecule has 0 spiro atoms. The minimum absolute atomic E-state index is 0.652. The molecule has 2 rings (SSSR count). The van der Waals surface area contributed by atoms with E-state index in [1.807, 2.05) is 12.1 Å². The molecule has 0 saturated heterocycles. The van der Waals surface area contributed by atoms with E-state index in [1.165, 1.54) is 0 Å². The molecule has 0 amide bonds. The summed E-state index contributed by atoms with van der Waals surface area (Å²) >= 11 is 0. The van der Waals surface area contributed by atoms with Crippen LogP contribution in [0.3, 0.4) is 0 Å². The summed E-state index contributed by atoms with van der Waals surface area (Å²) in [6, 6.07) is 15.4. The normalized spacial score (nSPS) is 9.81. The van der Waals surface area contributed by atoms with Crippen molar-refractivity contribution in [3.63, 3.8) is 0 Å². The maximum absolute atomic E-state index is 5.65. The third kappa shape index (κ3) is 2.25. The molecule has 2 N–H and O–H groups in total. The molecule has 3 nitrogen and oxygen atoms in total. The Labute approximate surface area is 94.4 Å². The van der Waals surface area contributed by atoms with Gasteiger partial charge in [-0.1, -0.05) is 6.07 Å². The molecule has 0 saturated carbocycles. The molecule has 0 aliphatic carbocycles. The first kappa shape index (κ1) is 10.4. The molecule has 0 aromatic heterocycles. The van der Waals surface area contributed by atoms with Gasteiger partial charge in [-0.25, -0.2) is 0 Å². The molecule has 1 radical (unpaired) electrons. The molecule has 2 aromatic carbocycles. The second kappa shape index (κ2) is 4.57. The molecule has 0 atom stereocenters. The quantitative estimate of drug-likeness (QED) is 0.799. The van der Waals surface area contributed by atoms with Crippen LogP contribution in [-0.4, -0.2) is 7.11 Å². The summed E-state index contributed by atoms with van der Waals surface area (Å²) in [6.45, 7) is 0. The zero-order valence-electron chi connectivity index (χ0n) is 8.94. The summed E-state index contributed by atoms with van der Waals surface area (Å²) in [5.74, 6) is 2.03. The van der Waals surface area contributed by atoms with Crippen LogP contribution >= 0.6 is 0 Å². The second-order valence-electron chi connectivity index (χ2n) is 3.25. The van der Waals surface area contributed by atoms with E-state index >= 15 is 0 Å². The highest BCUT2D eigenvalue weighted by molar-refractivity contribution is 5.45. The highest BCUT2D eigenvalue weighted by Crippen LogP contribution is 2.30. The largest absolute Gasteiger partial charge is 0.493 e. The Hall–Kier alpha value is -2.16. The SMILES string of the molecule is COc1c[c]ccc1Oc1ccc(N)cc1. The van der Waals surface area contributed by atoms with Crippen molar-refractivity contribution in [2.45, 2.75) is 0 Å². The van der Waals surface area contributed by atoms with Gasteiger partial charge in [-0.05, 0) is 42.5 Å². The Morgan fingerprint density at radius 2 is 1.81 bits per heavy atom. The van der Waals surface area contributed by atoms with Crippen LogP contribution in [0.4, 0.5) is 5.69 Å². The van der Waals surface area contributed by atoms with Crippen molar-refractivity contribution >= 4 is 5.69 Å². The van der Waals surface area contributed by atoms with Gasteiger partial charge in [0.25, 0.3) is 0 Å². The molecule has 3 heteroatoms. The van der Waals surface area contributed by atoms with Crippen molar-refractivity contribution in [1.29, 1.82) is 0 Å². The standard InChI is InChI=1S/C13H12NO2/c1-15-12-4-2-3-5-13(12)16-11-8-6-10(14)7-9-11/h3-9H,14H2,1H3. The van der Waals surface area contributed by atoms with Gasteiger partial charge >= 0.3 is 0 Å². The van der Waals surface area contributed by atoms with E-state index in [4.69, 9.17) is 15.2 Å². The Morgan fingerprint density at radius 1 is 1.06 bits per heavy atom. The van der Waals surface area contributed by atoms with Gasteiger partial charge in [-0.15, -0.1) is 0 Å². The maximum atomic E-state index is 5.65. The summed E-state index contributed by atoms with van der Waals surface area (Å²) < 4.78 is 10.8. The number of hydrogen-bond acceptors (Lipinski definition) is 3. The molecule has 16 heavy (non-hydrogen) atoms. The van der Waals surface area contributed by atoms with Gasteiger partial charge in [-0.2, -0.15) is 0 Å². The van der Waals surface area contributed by atoms with Crippen molar-refractivity contribution in [3.05, 3.63) is 48.5 Å². The number of nitrogen functional groups attached to an aromatic ring is 1. The molecule has 2 aromatic rings. The zero-order valence-corrected chi connectivity index (χ0v) is 8.94. The molecular weight excluding hydrogens is 202 g/mol. The van der Waals surface area contributed by atoms with Crippen LogP contribution in [0.1, 0.15) is 0 Å². The van der Waals surface area contributed by atoms with Gasteiger partial charge in [0.2, 0.25) is 0 Å². The van der Waals surface area contributed by atoms with Crippen molar-refractivity contribution < 1.29 is 9.47 Å². The highest BCUT2D eigenvalue weighted by Gasteiger charge is 2.03. The number of anilines is 1. The summed E-state index contributed by atoms with van der Waals surface area (Å²) in [4.78, 5) is 0. The maximum Gasteiger partial charge on any atom is 0.169 e. The number of rotatable bonds is 3. The molecule has 0 bridgehead atoms. The van der Waals surface area contributed by atoms with E-state index in [1.54, 1.807) is 37.4 Å². The second-order valence-corrected chi connectivity index (χ2v) is 3.25. The lowest BCUT2D eigenvalue weighted by molar-refractivity contribution is 0.379. The van der Waals surface area contributed by atoms with Gasteiger partial charge < -0.3 is 15.2 Å². The molecule has 0 fully saturated rings. The number of hydrogen-bond donors (Lipinski definition) is 1. The first-order valence-electron chi connectivity index (χ1n) is 4.87. The van der Waals surface area contributed by atoms with Gasteiger partial charge in [0.05, 0.1) is 7.11 Å². The van der Waals surface area contributed by atoms with Crippen LogP contribution in [0.25, 0.3) is 0 Å². The van der Waals surface area contributed by atoms with Gasteiger partial charge in [0.1, 0.15) is 5.75 Å². The topological polar surface area (TPSA) is 44.5 Å². The minimum Gasteiger partial charge on any atom is -0.493 e. The van der Waals surface area contributed by atoms with Crippen molar-refractivity contribution in [2.75, 3.05) is 12.8 Å². The molecule has 0 aliphatic heterocycles. The summed E-state index contributed by atoms with van der Waals surface area (Å²) in [7, 11) is 1.60. The molecule has 0 heterocycles. The fraction of sp³-hybridized carbons (Fsp3) is 0.0769. The number of ether oxygens (including phenoxy) is 2. The smallest absolute Gasteiger partial charge is 0.169 e. The fourth-order valence-electron chi connectivity index (χ4n) is 1.31. The van der Waals surface area contributed by atoms with Crippen LogP contribution in [0.5, 0.6) is 17.2 Å². The third-order valence-electron chi connectivity index (χ3n) is 2.12. The van der Waals surface area contributed by atoms with Crippen LogP contribution in [-0.2, 0) is 0 Å². The number of nitrogens with two attached hydrogens (primary N) is 1. The Morgan fingerprint density at radius 3 is 2.50 bits per heavy atom. The first-order chi connectivity index (χ1) is 7.79. The predicted molar refractivity (Wildman–Crippen MR) is 62.8 cm³/mol. The zero-order chi connectivity index (χ0) is 11.4. The van der Waals surface area contributed by atoms with Crippen LogP contribution in [0, 0.1) is 6.07 Å². The Kier molecular flexibility index (Phi) is 2.96. The molecule has 0 unspecified atom stereocenters. The monoisotopic (exact) mass is 214 g/mol. The van der Waals surface area contributed by atoms with Crippen molar-refractivity contribution in [3.8, 4) is 17.2 Å². The van der Waals surface area contributed by atoms with Gasteiger partial charge in [0.15, 0.2) is 11.5 Å². The van der Waals surface area contributed by atoms with Crippen molar-refractivity contribution in [1.82, 2.24) is 0 Å². The lowest BCUT2D eigenvalue weighted by Gasteiger charge is -2.09. The van der Waals surface area contributed by atoms with Crippen LogP contribution < -0.4 is 15.2 Å². The lowest BCUT2D eigenvalue weighted by Crippen LogP contribution is -1.90. The van der Waals surface area contributed by atoms with Gasteiger partial charge in [0, 0.05) is 5.69 Å². The summed E-state index contributed by atoms with van der Waals surface area (Å²) in [5, 5.41) is 0. The number of benzene rings is 2. The van der Waals surface area contributed by atoms with E-state index in [9.17, 15) is 0 Å². The van der Waals surface area contributed by atoms with Crippen molar-refractivity contribution in [2.24, 2.45) is 0 Å². The van der Waals surface area contributed by atoms with E-state index in [0.29, 0.717) is 17.2 Å². The minimum atomic E-state index is 0.652. The first-order valence-corrected chi connectivity index (χ1v) is 4.87. The predicted octanol–water partition coefficient (Wildman–Crippen LogP) is 2.87. The molecular formula is C13H12NO2. The number of methoxy groups -OCH3 is 1. The van der Waals surface area contributed by atoms with Crippen LogP contribution in [0.2, 0.25) is 0 Å². The average Bonchev–Trinajstić information content (AvgIpc) is 2.33. The van der Waals surface area contributed by atoms with E-state index in [0.717, 1.165) is 5.75 Å². The molecule has 0 aliphatic rings. The highest BCUT2D eigenvalue weighted by atomic mass is 16.5. The van der Waals surface area contributed by atoms with E-state index in [2.05, 4.69) is 6.07 Å². The third-order valence-corrected chi connectivity index (χ3v) is 2.12. The average molecular weight is 214 g/mol. The summed E-state index contributed by atoms with van der Waals surface area (Å²) in [5.41, 5.74) is 6.30. The van der Waals surface area contributed by atoms with E-state index in [-0.39, 0.29) is 0 Å². The van der Waals surface area contributed by atoms with Crippen LogP contribution in [0.15, 0.2) is 42.5 Å². The molecule has 81 valence electrons.